The third-order valence-electron chi connectivity index (χ3n) is 1.86. The minimum atomic E-state index is -1.12. The van der Waals surface area contributed by atoms with Gasteiger partial charge in [-0.05, 0) is 30.7 Å². The third-order valence-corrected chi connectivity index (χ3v) is 1.86. The van der Waals surface area contributed by atoms with Crippen molar-refractivity contribution in [2.24, 2.45) is 5.16 Å². The van der Waals surface area contributed by atoms with Crippen LogP contribution in [0.2, 0.25) is 0 Å². The maximum atomic E-state index is 12.6. The van der Waals surface area contributed by atoms with Crippen LogP contribution < -0.4 is 0 Å². The van der Waals surface area contributed by atoms with Crippen molar-refractivity contribution >= 4 is 17.8 Å². The van der Waals surface area contributed by atoms with Crippen molar-refractivity contribution in [3.63, 3.8) is 0 Å². The van der Waals surface area contributed by atoms with Gasteiger partial charge in [-0.2, -0.15) is 0 Å². The molecular weight excluding hydrogens is 225 g/mol. The highest BCUT2D eigenvalue weighted by Crippen LogP contribution is 2.04. The summed E-state index contributed by atoms with van der Waals surface area (Å²) in [6, 6.07) is 5.95. The van der Waals surface area contributed by atoms with Crippen LogP contribution in [0.5, 0.6) is 0 Å². The Balaban J connectivity index is 2.39. The lowest BCUT2D eigenvalue weighted by Gasteiger charge is -1.95. The first-order valence-electron chi connectivity index (χ1n) is 4.91. The van der Waals surface area contributed by atoms with E-state index in [-0.39, 0.29) is 18.1 Å². The number of carboxylic acids is 1. The number of nitrogens with zero attached hydrogens (tertiary/aromatic N) is 1. The predicted molar refractivity (Wildman–Crippen MR) is 62.1 cm³/mol. The Bertz CT molecular complexity index is 438. The quantitative estimate of drug-likeness (QED) is 0.485. The molecule has 0 aromatic heterocycles. The predicted octanol–water partition coefficient (Wildman–Crippen LogP) is 2.32. The molecule has 4 nitrogen and oxygen atoms in total. The molecule has 0 spiro atoms. The number of halogens is 1. The molecule has 17 heavy (non-hydrogen) atoms. The maximum absolute atomic E-state index is 12.6. The zero-order chi connectivity index (χ0) is 12.7. The zero-order valence-corrected chi connectivity index (χ0v) is 9.26. The second kappa shape index (κ2) is 6.42. The molecule has 0 saturated carbocycles. The molecule has 0 aliphatic carbocycles. The maximum Gasteiger partial charge on any atom is 0.353 e. The van der Waals surface area contributed by atoms with Gasteiger partial charge < -0.3 is 9.94 Å². The standard InChI is InChI=1S/C12H12FNO3/c1-9(12(15)16)14-17-8-2-3-10-4-6-11(13)7-5-10/h2-7H,8H2,1H3,(H,15,16). The summed E-state index contributed by atoms with van der Waals surface area (Å²) in [4.78, 5) is 15.1. The minimum absolute atomic E-state index is 0.111. The number of aliphatic carboxylic acids is 1. The van der Waals surface area contributed by atoms with E-state index in [1.807, 2.05) is 0 Å². The first-order chi connectivity index (χ1) is 8.09. The molecule has 0 radical (unpaired) electrons. The molecular formula is C12H12FNO3. The van der Waals surface area contributed by atoms with Gasteiger partial charge in [0.05, 0.1) is 0 Å². The van der Waals surface area contributed by atoms with Crippen LogP contribution in [0.1, 0.15) is 12.5 Å². The number of benzene rings is 1. The van der Waals surface area contributed by atoms with Crippen LogP contribution in [-0.2, 0) is 9.63 Å². The van der Waals surface area contributed by atoms with Crippen molar-refractivity contribution in [1.29, 1.82) is 0 Å². The highest BCUT2D eigenvalue weighted by atomic mass is 19.1. The molecule has 0 fully saturated rings. The summed E-state index contributed by atoms with van der Waals surface area (Å²) in [5.41, 5.74) is 0.717. The smallest absolute Gasteiger partial charge is 0.353 e. The molecule has 90 valence electrons. The van der Waals surface area contributed by atoms with E-state index in [0.717, 1.165) is 5.56 Å². The SMILES string of the molecule is CC(=NOCC=Cc1ccc(F)cc1)C(=O)O. The summed E-state index contributed by atoms with van der Waals surface area (Å²) in [5.74, 6) is -1.41. The molecule has 0 aliphatic rings. The fraction of sp³-hybridized carbons (Fsp3) is 0.167. The molecule has 0 saturated heterocycles. The van der Waals surface area contributed by atoms with E-state index in [0.29, 0.717) is 0 Å². The first kappa shape index (κ1) is 12.9. The van der Waals surface area contributed by atoms with Crippen molar-refractivity contribution in [1.82, 2.24) is 0 Å². The first-order valence-corrected chi connectivity index (χ1v) is 4.91. The number of carboxylic acid groups (broad SMARTS) is 1. The lowest BCUT2D eigenvalue weighted by atomic mass is 10.2. The largest absolute Gasteiger partial charge is 0.477 e. The lowest BCUT2D eigenvalue weighted by Crippen LogP contribution is -2.08. The fourth-order valence-corrected chi connectivity index (χ4v) is 0.974. The summed E-state index contributed by atoms with van der Waals surface area (Å²) in [5, 5.41) is 11.9. The summed E-state index contributed by atoms with van der Waals surface area (Å²) in [6.45, 7) is 1.49. The molecule has 0 bridgehead atoms. The lowest BCUT2D eigenvalue weighted by molar-refractivity contribution is -0.129. The number of hydrogen-bond acceptors (Lipinski definition) is 3. The van der Waals surface area contributed by atoms with Crippen molar-refractivity contribution < 1.29 is 19.1 Å². The van der Waals surface area contributed by atoms with E-state index in [1.54, 1.807) is 24.3 Å². The number of hydrogen-bond donors (Lipinski definition) is 1. The molecule has 1 N–H and O–H groups in total. The topological polar surface area (TPSA) is 58.9 Å². The van der Waals surface area contributed by atoms with Gasteiger partial charge in [-0.1, -0.05) is 23.4 Å². The van der Waals surface area contributed by atoms with Gasteiger partial charge in [0.15, 0.2) is 5.71 Å². The highest BCUT2D eigenvalue weighted by Gasteiger charge is 2.00. The summed E-state index contributed by atoms with van der Waals surface area (Å²) in [6.07, 6.45) is 3.39. The Morgan fingerprint density at radius 1 is 1.47 bits per heavy atom. The van der Waals surface area contributed by atoms with E-state index in [9.17, 15) is 9.18 Å². The van der Waals surface area contributed by atoms with Gasteiger partial charge in [-0.15, -0.1) is 0 Å². The van der Waals surface area contributed by atoms with E-state index < -0.39 is 5.97 Å². The number of oxime groups is 1. The van der Waals surface area contributed by atoms with Crippen LogP contribution in [-0.4, -0.2) is 23.4 Å². The number of rotatable bonds is 5. The van der Waals surface area contributed by atoms with E-state index >= 15 is 0 Å². The van der Waals surface area contributed by atoms with Gasteiger partial charge >= 0.3 is 5.97 Å². The molecule has 0 atom stereocenters. The Kier molecular flexibility index (Phi) is 4.87. The van der Waals surface area contributed by atoms with E-state index in [4.69, 9.17) is 9.94 Å². The molecule has 0 unspecified atom stereocenters. The molecule has 0 heterocycles. The van der Waals surface area contributed by atoms with Crippen molar-refractivity contribution in [2.45, 2.75) is 6.92 Å². The van der Waals surface area contributed by atoms with Gasteiger partial charge in [0.1, 0.15) is 12.4 Å². The molecule has 5 heteroatoms. The van der Waals surface area contributed by atoms with Crippen LogP contribution in [0, 0.1) is 5.82 Å². The van der Waals surface area contributed by atoms with E-state index in [1.165, 1.54) is 19.1 Å². The van der Waals surface area contributed by atoms with Crippen LogP contribution in [0.3, 0.4) is 0 Å². The third kappa shape index (κ3) is 4.92. The van der Waals surface area contributed by atoms with E-state index in [2.05, 4.69) is 5.16 Å². The Morgan fingerprint density at radius 2 is 2.12 bits per heavy atom. The Labute approximate surface area is 98.0 Å². The number of carbonyl (C=O) groups is 1. The van der Waals surface area contributed by atoms with Crippen LogP contribution >= 0.6 is 0 Å². The van der Waals surface area contributed by atoms with Gasteiger partial charge in [-0.3, -0.25) is 0 Å². The summed E-state index contributed by atoms with van der Waals surface area (Å²) >= 11 is 0. The van der Waals surface area contributed by atoms with Crippen molar-refractivity contribution in [2.75, 3.05) is 6.61 Å². The van der Waals surface area contributed by atoms with Gasteiger partial charge in [0, 0.05) is 0 Å². The normalized spacial score (nSPS) is 11.8. The average Bonchev–Trinajstić information content (AvgIpc) is 2.30. The van der Waals surface area contributed by atoms with Crippen LogP contribution in [0.15, 0.2) is 35.5 Å². The zero-order valence-electron chi connectivity index (χ0n) is 9.26. The molecule has 0 amide bonds. The second-order valence-corrected chi connectivity index (χ2v) is 3.23. The second-order valence-electron chi connectivity index (χ2n) is 3.23. The summed E-state index contributed by atoms with van der Waals surface area (Å²) in [7, 11) is 0. The van der Waals surface area contributed by atoms with Crippen molar-refractivity contribution in [3.05, 3.63) is 41.7 Å². The fourth-order valence-electron chi connectivity index (χ4n) is 0.974. The molecule has 0 aliphatic heterocycles. The van der Waals surface area contributed by atoms with Crippen molar-refractivity contribution in [3.8, 4) is 0 Å². The molecule has 1 aromatic carbocycles. The summed E-state index contributed by atoms with van der Waals surface area (Å²) < 4.78 is 12.6. The highest BCUT2D eigenvalue weighted by molar-refractivity contribution is 6.34. The minimum Gasteiger partial charge on any atom is -0.477 e. The Hall–Kier alpha value is -2.17. The molecule has 1 aromatic rings. The molecule has 1 rings (SSSR count). The average molecular weight is 237 g/mol. The van der Waals surface area contributed by atoms with Crippen LogP contribution in [0.4, 0.5) is 4.39 Å². The van der Waals surface area contributed by atoms with Gasteiger partial charge in [0.25, 0.3) is 0 Å². The Morgan fingerprint density at radius 3 is 2.71 bits per heavy atom. The van der Waals surface area contributed by atoms with Gasteiger partial charge in [0.2, 0.25) is 0 Å². The van der Waals surface area contributed by atoms with Gasteiger partial charge in [-0.25, -0.2) is 9.18 Å². The van der Waals surface area contributed by atoms with Crippen LogP contribution in [0.25, 0.3) is 6.08 Å². The monoisotopic (exact) mass is 237 g/mol.